The summed E-state index contributed by atoms with van der Waals surface area (Å²) in [6, 6.07) is 14.5. The molecule has 1 amide bonds. The summed E-state index contributed by atoms with van der Waals surface area (Å²) in [5, 5.41) is 3.41. The number of ether oxygens (including phenoxy) is 1. The maximum atomic E-state index is 12.4. The first kappa shape index (κ1) is 16.3. The van der Waals surface area contributed by atoms with Crippen LogP contribution in [0.15, 0.2) is 53.5 Å². The van der Waals surface area contributed by atoms with Crippen LogP contribution in [0.5, 0.6) is 5.75 Å². The highest BCUT2D eigenvalue weighted by molar-refractivity contribution is 6.31. The molecule has 1 N–H and O–H groups in total. The monoisotopic (exact) mass is 343 g/mol. The number of halogens is 1. The molecule has 2 aromatic carbocycles. The van der Waals surface area contributed by atoms with Crippen molar-refractivity contribution in [2.45, 2.75) is 6.42 Å². The minimum absolute atomic E-state index is 0.225. The van der Waals surface area contributed by atoms with Crippen LogP contribution in [0.3, 0.4) is 0 Å². The van der Waals surface area contributed by atoms with E-state index in [2.05, 4.69) is 10.3 Å². The molecule has 2 aromatic rings. The molecule has 1 aliphatic rings. The normalized spacial score (nSPS) is 14.1. The zero-order chi connectivity index (χ0) is 16.9. The summed E-state index contributed by atoms with van der Waals surface area (Å²) >= 11 is 5.95. The number of carbonyl (C=O) groups excluding carboxylic acids is 1. The van der Waals surface area contributed by atoms with Crippen molar-refractivity contribution in [3.8, 4) is 5.75 Å². The third-order valence-corrected chi connectivity index (χ3v) is 3.99. The lowest BCUT2D eigenvalue weighted by Crippen LogP contribution is -2.47. The molecule has 0 aromatic heterocycles. The van der Waals surface area contributed by atoms with Gasteiger partial charge in [-0.3, -0.25) is 15.1 Å². The second kappa shape index (κ2) is 7.36. The summed E-state index contributed by atoms with van der Waals surface area (Å²) in [4.78, 5) is 18.9. The molecule has 0 radical (unpaired) electrons. The van der Waals surface area contributed by atoms with Gasteiger partial charge in [-0.25, -0.2) is 0 Å². The number of aliphatic imine (C=N–C) groups is 1. The molecule has 1 heterocycles. The van der Waals surface area contributed by atoms with Crippen molar-refractivity contribution in [1.29, 1.82) is 0 Å². The van der Waals surface area contributed by atoms with Crippen molar-refractivity contribution >= 4 is 29.2 Å². The first-order chi connectivity index (χ1) is 11.7. The molecule has 0 aliphatic carbocycles. The van der Waals surface area contributed by atoms with E-state index < -0.39 is 0 Å². The molecular weight excluding hydrogens is 326 g/mol. The summed E-state index contributed by atoms with van der Waals surface area (Å²) in [6.45, 7) is 1.48. The molecule has 0 unspecified atom stereocenters. The fourth-order valence-electron chi connectivity index (χ4n) is 2.53. The van der Waals surface area contributed by atoms with E-state index in [1.165, 1.54) is 0 Å². The number of anilines is 1. The Kier molecular flexibility index (Phi) is 5.01. The third-order valence-electron chi connectivity index (χ3n) is 3.75. The van der Waals surface area contributed by atoms with E-state index in [0.29, 0.717) is 23.1 Å². The molecule has 0 fully saturated rings. The number of nitrogens with zero attached hydrogens (tertiary/aromatic N) is 2. The molecule has 0 saturated heterocycles. The lowest BCUT2D eigenvalue weighted by molar-refractivity contribution is 0.0976. The number of amides is 1. The molecule has 3 rings (SSSR count). The number of benzene rings is 2. The van der Waals surface area contributed by atoms with Gasteiger partial charge in [0.05, 0.1) is 7.11 Å². The van der Waals surface area contributed by atoms with E-state index >= 15 is 0 Å². The molecule has 1 aliphatic heterocycles. The van der Waals surface area contributed by atoms with Crippen molar-refractivity contribution in [1.82, 2.24) is 5.32 Å². The van der Waals surface area contributed by atoms with Gasteiger partial charge in [0.2, 0.25) is 5.96 Å². The van der Waals surface area contributed by atoms with Gasteiger partial charge < -0.3 is 9.64 Å². The van der Waals surface area contributed by atoms with E-state index in [1.54, 1.807) is 31.4 Å². The molecule has 0 spiro atoms. The molecule has 0 atom stereocenters. The highest BCUT2D eigenvalue weighted by Gasteiger charge is 2.20. The van der Waals surface area contributed by atoms with Crippen LogP contribution in [0.4, 0.5) is 5.69 Å². The smallest absolute Gasteiger partial charge is 0.258 e. The van der Waals surface area contributed by atoms with Gasteiger partial charge in [-0.05, 0) is 48.9 Å². The SMILES string of the molecule is COc1ccc(N2CCCN=C2NC(=O)c2cccc(Cl)c2)cc1. The Morgan fingerprint density at radius 3 is 2.75 bits per heavy atom. The van der Waals surface area contributed by atoms with Gasteiger partial charge >= 0.3 is 0 Å². The highest BCUT2D eigenvalue weighted by atomic mass is 35.5. The van der Waals surface area contributed by atoms with E-state index in [1.807, 2.05) is 29.2 Å². The molecule has 6 heteroatoms. The summed E-state index contributed by atoms with van der Waals surface area (Å²) in [7, 11) is 1.63. The second-order valence-corrected chi connectivity index (χ2v) is 5.81. The number of nitrogens with one attached hydrogen (secondary N) is 1. The predicted molar refractivity (Wildman–Crippen MR) is 96.2 cm³/mol. The molecule has 5 nitrogen and oxygen atoms in total. The summed E-state index contributed by atoms with van der Waals surface area (Å²) in [6.07, 6.45) is 0.933. The lowest BCUT2D eigenvalue weighted by Gasteiger charge is -2.29. The van der Waals surface area contributed by atoms with Crippen LogP contribution in [0.1, 0.15) is 16.8 Å². The molecule has 124 valence electrons. The number of rotatable bonds is 3. The van der Waals surface area contributed by atoms with Crippen molar-refractivity contribution in [2.24, 2.45) is 4.99 Å². The zero-order valence-electron chi connectivity index (χ0n) is 13.3. The number of carbonyl (C=O) groups is 1. The van der Waals surface area contributed by atoms with Gasteiger partial charge in [-0.15, -0.1) is 0 Å². The van der Waals surface area contributed by atoms with Crippen LogP contribution in [-0.4, -0.2) is 32.1 Å². The maximum Gasteiger partial charge on any atom is 0.258 e. The van der Waals surface area contributed by atoms with Crippen molar-refractivity contribution in [3.63, 3.8) is 0 Å². The minimum Gasteiger partial charge on any atom is -0.497 e. The van der Waals surface area contributed by atoms with Gasteiger partial charge in [0.15, 0.2) is 0 Å². The van der Waals surface area contributed by atoms with Crippen molar-refractivity contribution in [2.75, 3.05) is 25.1 Å². The second-order valence-electron chi connectivity index (χ2n) is 5.37. The summed E-state index contributed by atoms with van der Waals surface area (Å²) in [5.41, 5.74) is 1.46. The van der Waals surface area contributed by atoms with Gasteiger partial charge in [0, 0.05) is 29.4 Å². The molecule has 24 heavy (non-hydrogen) atoms. The fourth-order valence-corrected chi connectivity index (χ4v) is 2.72. The first-order valence-electron chi connectivity index (χ1n) is 7.70. The standard InChI is InChI=1S/C18H18ClN3O2/c1-24-16-8-6-15(7-9-16)22-11-3-10-20-18(22)21-17(23)13-4-2-5-14(19)12-13/h2,4-9,12H,3,10-11H2,1H3,(H,20,21,23). The maximum absolute atomic E-state index is 12.4. The van der Waals surface area contributed by atoms with Crippen molar-refractivity contribution < 1.29 is 9.53 Å². The van der Waals surface area contributed by atoms with Crippen LogP contribution in [0.2, 0.25) is 5.02 Å². The minimum atomic E-state index is -0.225. The van der Waals surface area contributed by atoms with Gasteiger partial charge in [0.1, 0.15) is 5.75 Å². The average Bonchev–Trinajstić information content (AvgIpc) is 2.62. The number of methoxy groups -OCH3 is 1. The average molecular weight is 344 g/mol. The van der Waals surface area contributed by atoms with Gasteiger partial charge in [-0.1, -0.05) is 17.7 Å². The van der Waals surface area contributed by atoms with Gasteiger partial charge in [-0.2, -0.15) is 0 Å². The van der Waals surface area contributed by atoms with Crippen LogP contribution < -0.4 is 15.0 Å². The van der Waals surface area contributed by atoms with Crippen molar-refractivity contribution in [3.05, 3.63) is 59.1 Å². The van der Waals surface area contributed by atoms with E-state index in [9.17, 15) is 4.79 Å². The Balaban J connectivity index is 1.79. The van der Waals surface area contributed by atoms with E-state index in [4.69, 9.17) is 16.3 Å². The number of guanidine groups is 1. The third kappa shape index (κ3) is 3.68. The quantitative estimate of drug-likeness (QED) is 0.929. The highest BCUT2D eigenvalue weighted by Crippen LogP contribution is 2.21. The molecule has 0 bridgehead atoms. The largest absolute Gasteiger partial charge is 0.497 e. The molecule has 0 saturated carbocycles. The Hall–Kier alpha value is -2.53. The van der Waals surface area contributed by atoms with Crippen LogP contribution in [0, 0.1) is 0 Å². The van der Waals surface area contributed by atoms with E-state index in [-0.39, 0.29) is 5.91 Å². The summed E-state index contributed by atoms with van der Waals surface area (Å²) < 4.78 is 5.19. The van der Waals surface area contributed by atoms with Crippen LogP contribution >= 0.6 is 11.6 Å². The first-order valence-corrected chi connectivity index (χ1v) is 8.08. The van der Waals surface area contributed by atoms with Crippen LogP contribution in [-0.2, 0) is 0 Å². The predicted octanol–water partition coefficient (Wildman–Crippen LogP) is 3.34. The molecular formula is C18H18ClN3O2. The summed E-state index contributed by atoms with van der Waals surface area (Å²) in [5.74, 6) is 1.12. The number of hydrogen-bond donors (Lipinski definition) is 1. The Morgan fingerprint density at radius 1 is 1.25 bits per heavy atom. The van der Waals surface area contributed by atoms with Gasteiger partial charge in [0.25, 0.3) is 5.91 Å². The van der Waals surface area contributed by atoms with E-state index in [0.717, 1.165) is 24.4 Å². The number of hydrogen-bond acceptors (Lipinski definition) is 4. The topological polar surface area (TPSA) is 53.9 Å². The zero-order valence-corrected chi connectivity index (χ0v) is 14.1. The fraction of sp³-hybridized carbons (Fsp3) is 0.222. The Labute approximate surface area is 145 Å². The lowest BCUT2D eigenvalue weighted by atomic mass is 10.2. The van der Waals surface area contributed by atoms with Crippen LogP contribution in [0.25, 0.3) is 0 Å². The Morgan fingerprint density at radius 2 is 2.04 bits per heavy atom. The Bertz CT molecular complexity index is 759.